The van der Waals surface area contributed by atoms with Gasteiger partial charge in [-0.2, -0.15) is 4.52 Å². The van der Waals surface area contributed by atoms with E-state index in [-0.39, 0.29) is 17.3 Å². The Labute approximate surface area is 151 Å². The molecule has 0 bridgehead atoms. The minimum Gasteiger partial charge on any atom is -0.368 e. The summed E-state index contributed by atoms with van der Waals surface area (Å²) in [6.45, 7) is 0.618. The van der Waals surface area contributed by atoms with Crippen molar-refractivity contribution in [3.05, 3.63) is 66.3 Å². The van der Waals surface area contributed by atoms with Gasteiger partial charge in [-0.05, 0) is 35.7 Å². The van der Waals surface area contributed by atoms with Gasteiger partial charge in [-0.1, -0.05) is 6.07 Å². The average molecular weight is 364 g/mol. The molecule has 2 aromatic carbocycles. The van der Waals surface area contributed by atoms with E-state index in [4.69, 9.17) is 5.73 Å². The molecule has 6 nitrogen and oxygen atoms in total. The molecular weight excluding hydrogens is 350 g/mol. The number of para-hydroxylation sites is 1. The third-order valence-electron chi connectivity index (χ3n) is 4.57. The Balaban J connectivity index is 1.50. The first-order valence-corrected chi connectivity index (χ1v) is 8.43. The van der Waals surface area contributed by atoms with E-state index in [9.17, 15) is 8.78 Å². The van der Waals surface area contributed by atoms with Gasteiger partial charge < -0.3 is 10.3 Å². The summed E-state index contributed by atoms with van der Waals surface area (Å²) in [5, 5.41) is 6.77. The van der Waals surface area contributed by atoms with E-state index in [1.165, 1.54) is 22.7 Å². The van der Waals surface area contributed by atoms with Crippen LogP contribution in [0.4, 0.5) is 14.7 Å². The van der Waals surface area contributed by atoms with Crippen molar-refractivity contribution in [2.45, 2.75) is 13.0 Å². The fraction of sp³-hybridized carbons (Fsp3) is 0.105. The van der Waals surface area contributed by atoms with E-state index < -0.39 is 5.82 Å². The van der Waals surface area contributed by atoms with Gasteiger partial charge in [0.2, 0.25) is 5.95 Å². The summed E-state index contributed by atoms with van der Waals surface area (Å²) in [5.74, 6) is -0.0467. The molecule has 0 fully saturated rings. The second-order valence-electron chi connectivity index (χ2n) is 6.39. The zero-order chi connectivity index (χ0) is 18.5. The highest BCUT2D eigenvalue weighted by Crippen LogP contribution is 2.22. The molecule has 0 saturated heterocycles. The molecule has 0 saturated carbocycles. The van der Waals surface area contributed by atoms with Crippen LogP contribution in [0.3, 0.4) is 0 Å². The summed E-state index contributed by atoms with van der Waals surface area (Å²) in [5.41, 5.74) is 6.58. The van der Waals surface area contributed by atoms with Crippen LogP contribution in [-0.4, -0.2) is 24.1 Å². The van der Waals surface area contributed by atoms with Gasteiger partial charge in [0.25, 0.3) is 0 Å². The quantitative estimate of drug-likeness (QED) is 0.533. The molecule has 3 aromatic heterocycles. The molecule has 134 valence electrons. The van der Waals surface area contributed by atoms with E-state index in [1.54, 1.807) is 18.2 Å². The fourth-order valence-electron chi connectivity index (χ4n) is 3.29. The lowest BCUT2D eigenvalue weighted by atomic mass is 10.2. The van der Waals surface area contributed by atoms with Crippen LogP contribution in [-0.2, 0) is 13.0 Å². The molecule has 0 aliphatic carbocycles. The van der Waals surface area contributed by atoms with Crippen molar-refractivity contribution in [1.29, 1.82) is 0 Å². The second-order valence-corrected chi connectivity index (χ2v) is 6.39. The van der Waals surface area contributed by atoms with Gasteiger partial charge in [0.15, 0.2) is 11.5 Å². The SMILES string of the molecule is Nc1nc2c(F)cccc2c2nc(CCn3cc4ccc(F)cc4c3)nn12. The molecule has 0 aliphatic rings. The Hall–Kier alpha value is -3.55. The Morgan fingerprint density at radius 1 is 1.00 bits per heavy atom. The highest BCUT2D eigenvalue weighted by Gasteiger charge is 2.14. The highest BCUT2D eigenvalue weighted by atomic mass is 19.1. The predicted molar refractivity (Wildman–Crippen MR) is 98.3 cm³/mol. The number of nitrogens with zero attached hydrogens (tertiary/aromatic N) is 5. The number of hydrogen-bond donors (Lipinski definition) is 1. The maximum atomic E-state index is 14.0. The third kappa shape index (κ3) is 2.57. The van der Waals surface area contributed by atoms with E-state index in [2.05, 4.69) is 15.1 Å². The van der Waals surface area contributed by atoms with Gasteiger partial charge in [0.1, 0.15) is 17.2 Å². The first-order chi connectivity index (χ1) is 13.1. The van der Waals surface area contributed by atoms with Crippen LogP contribution < -0.4 is 5.73 Å². The van der Waals surface area contributed by atoms with Gasteiger partial charge in [0.05, 0.1) is 0 Å². The molecule has 8 heteroatoms. The van der Waals surface area contributed by atoms with Crippen molar-refractivity contribution in [3.63, 3.8) is 0 Å². The molecule has 5 rings (SSSR count). The number of rotatable bonds is 3. The molecule has 3 heterocycles. The largest absolute Gasteiger partial charge is 0.368 e. The van der Waals surface area contributed by atoms with Crippen LogP contribution >= 0.6 is 0 Å². The van der Waals surface area contributed by atoms with Crippen molar-refractivity contribution in [2.24, 2.45) is 0 Å². The van der Waals surface area contributed by atoms with E-state index >= 15 is 0 Å². The monoisotopic (exact) mass is 364 g/mol. The van der Waals surface area contributed by atoms with Crippen LogP contribution in [0, 0.1) is 11.6 Å². The smallest absolute Gasteiger partial charge is 0.223 e. The number of fused-ring (bicyclic) bond motifs is 4. The third-order valence-corrected chi connectivity index (χ3v) is 4.57. The molecule has 0 radical (unpaired) electrons. The molecule has 0 aliphatic heterocycles. The van der Waals surface area contributed by atoms with Crippen molar-refractivity contribution >= 4 is 33.3 Å². The molecule has 2 N–H and O–H groups in total. The summed E-state index contributed by atoms with van der Waals surface area (Å²) in [4.78, 5) is 8.61. The van der Waals surface area contributed by atoms with Gasteiger partial charge in [-0.15, -0.1) is 5.10 Å². The first kappa shape index (κ1) is 15.7. The van der Waals surface area contributed by atoms with Crippen LogP contribution in [0.25, 0.3) is 27.3 Å². The van der Waals surface area contributed by atoms with E-state index in [0.717, 1.165) is 10.8 Å². The molecule has 27 heavy (non-hydrogen) atoms. The Bertz CT molecular complexity index is 1320. The number of hydrogen-bond acceptors (Lipinski definition) is 4. The summed E-state index contributed by atoms with van der Waals surface area (Å²) < 4.78 is 30.7. The molecular formula is C19H14F2N6. The van der Waals surface area contributed by atoms with E-state index in [1.807, 2.05) is 17.0 Å². The van der Waals surface area contributed by atoms with Crippen molar-refractivity contribution < 1.29 is 8.78 Å². The molecule has 0 spiro atoms. The van der Waals surface area contributed by atoms with E-state index in [0.29, 0.717) is 29.8 Å². The molecule has 0 unspecified atom stereocenters. The number of aromatic nitrogens is 5. The normalized spacial score (nSPS) is 11.8. The maximum absolute atomic E-state index is 14.0. The number of nitrogen functional groups attached to an aromatic ring is 1. The van der Waals surface area contributed by atoms with Crippen LogP contribution in [0.5, 0.6) is 0 Å². The fourth-order valence-corrected chi connectivity index (χ4v) is 3.29. The van der Waals surface area contributed by atoms with Crippen LogP contribution in [0.15, 0.2) is 48.8 Å². The summed E-state index contributed by atoms with van der Waals surface area (Å²) >= 11 is 0. The lowest BCUT2D eigenvalue weighted by Gasteiger charge is -2.02. The average Bonchev–Trinajstić information content (AvgIpc) is 3.25. The Morgan fingerprint density at radius 2 is 1.85 bits per heavy atom. The zero-order valence-corrected chi connectivity index (χ0v) is 14.1. The van der Waals surface area contributed by atoms with Gasteiger partial charge >= 0.3 is 0 Å². The minimum absolute atomic E-state index is 0.0866. The van der Waals surface area contributed by atoms with Crippen molar-refractivity contribution in [2.75, 3.05) is 5.73 Å². The summed E-state index contributed by atoms with van der Waals surface area (Å²) in [7, 11) is 0. The Morgan fingerprint density at radius 3 is 2.74 bits per heavy atom. The zero-order valence-electron chi connectivity index (χ0n) is 14.1. The lowest BCUT2D eigenvalue weighted by Crippen LogP contribution is -2.04. The number of halogens is 2. The molecule has 0 amide bonds. The number of benzene rings is 2. The van der Waals surface area contributed by atoms with Gasteiger partial charge in [-0.25, -0.2) is 18.7 Å². The first-order valence-electron chi connectivity index (χ1n) is 8.43. The van der Waals surface area contributed by atoms with Crippen LogP contribution in [0.2, 0.25) is 0 Å². The topological polar surface area (TPSA) is 74.0 Å². The predicted octanol–water partition coefficient (Wildman–Crippen LogP) is 3.34. The van der Waals surface area contributed by atoms with Crippen molar-refractivity contribution in [1.82, 2.24) is 24.1 Å². The molecule has 5 aromatic rings. The van der Waals surface area contributed by atoms with Crippen molar-refractivity contribution in [3.8, 4) is 0 Å². The van der Waals surface area contributed by atoms with Gasteiger partial charge in [-0.3, -0.25) is 0 Å². The standard InChI is InChI=1S/C19H14F2N6/c20-13-5-4-11-9-26(10-12(11)8-13)7-6-16-23-18-14-2-1-3-15(21)17(14)24-19(22)27(18)25-16/h1-5,8-10H,6-7H2,(H2,22,24). The summed E-state index contributed by atoms with van der Waals surface area (Å²) in [6, 6.07) is 9.37. The minimum atomic E-state index is -0.447. The highest BCUT2D eigenvalue weighted by molar-refractivity contribution is 5.92. The summed E-state index contributed by atoms with van der Waals surface area (Å²) in [6.07, 6.45) is 4.38. The number of anilines is 1. The number of aryl methyl sites for hydroxylation is 2. The van der Waals surface area contributed by atoms with Gasteiger partial charge in [0, 0.05) is 36.1 Å². The number of nitrogens with two attached hydrogens (primary N) is 1. The molecule has 0 atom stereocenters. The van der Waals surface area contributed by atoms with Crippen LogP contribution in [0.1, 0.15) is 5.82 Å². The Kier molecular flexibility index (Phi) is 3.33. The lowest BCUT2D eigenvalue weighted by molar-refractivity contribution is 0.629. The maximum Gasteiger partial charge on any atom is 0.223 e. The second kappa shape index (κ2) is 5.73.